The van der Waals surface area contributed by atoms with Gasteiger partial charge in [-0.25, -0.2) is 4.57 Å². The number of hydrogen-bond acceptors (Lipinski definition) is 7. The van der Waals surface area contributed by atoms with E-state index in [-0.39, 0.29) is 39.0 Å². The molecule has 34 heavy (non-hydrogen) atoms. The number of halogens is 1. The second-order valence-electron chi connectivity index (χ2n) is 8.59. The number of aliphatic hydroxyl groups excluding tert-OH is 1. The maximum absolute atomic E-state index is 13.6. The number of likely N-dealkylation sites (tertiary alicyclic amines) is 1. The largest absolute Gasteiger partial charge is 0.524 e. The summed E-state index contributed by atoms with van der Waals surface area (Å²) in [6.45, 7) is 0.953. The molecule has 3 aromatic rings. The summed E-state index contributed by atoms with van der Waals surface area (Å²) in [4.78, 5) is 34.5. The van der Waals surface area contributed by atoms with Gasteiger partial charge in [-0.2, -0.15) is 0 Å². The van der Waals surface area contributed by atoms with E-state index in [0.29, 0.717) is 30.1 Å². The number of fused-ring (bicyclic) bond motifs is 1. The van der Waals surface area contributed by atoms with Crippen LogP contribution in [-0.2, 0) is 4.57 Å². The first-order chi connectivity index (χ1) is 15.9. The SMILES string of the molecule is Bc1c(O)c([C@H]2CCN(C)C[C@H]2O)c2oc(-c3ccccc3Cl)c(B)c(=O)c2c1OP(=O)(O)O. The van der Waals surface area contributed by atoms with Crippen molar-refractivity contribution in [2.24, 2.45) is 0 Å². The van der Waals surface area contributed by atoms with Gasteiger partial charge in [-0.15, -0.1) is 0 Å². The van der Waals surface area contributed by atoms with Crippen LogP contribution in [0.4, 0.5) is 0 Å². The van der Waals surface area contributed by atoms with Crippen LogP contribution in [0, 0.1) is 0 Å². The number of phosphoric ester groups is 1. The van der Waals surface area contributed by atoms with Gasteiger partial charge in [0.25, 0.3) is 0 Å². The van der Waals surface area contributed by atoms with Crippen LogP contribution < -0.4 is 20.9 Å². The van der Waals surface area contributed by atoms with Crippen LogP contribution in [0.5, 0.6) is 11.5 Å². The van der Waals surface area contributed by atoms with Gasteiger partial charge in [0.15, 0.2) is 5.43 Å². The molecule has 0 saturated carbocycles. The number of likely N-dealkylation sites (N-methyl/N-ethyl adjacent to an activating group) is 1. The highest BCUT2D eigenvalue weighted by molar-refractivity contribution is 7.46. The number of rotatable bonds is 4. The van der Waals surface area contributed by atoms with Gasteiger partial charge in [0.2, 0.25) is 0 Å². The Morgan fingerprint density at radius 1 is 1.24 bits per heavy atom. The van der Waals surface area contributed by atoms with E-state index in [0.717, 1.165) is 0 Å². The molecular weight excluding hydrogens is 482 g/mol. The summed E-state index contributed by atoms with van der Waals surface area (Å²) in [5.74, 6) is -1.26. The van der Waals surface area contributed by atoms with Crippen LogP contribution in [0.1, 0.15) is 17.9 Å². The molecule has 1 aliphatic heterocycles. The number of benzene rings is 2. The average Bonchev–Trinajstić information content (AvgIpc) is 2.75. The van der Waals surface area contributed by atoms with Gasteiger partial charge in [0.1, 0.15) is 43.9 Å². The highest BCUT2D eigenvalue weighted by Gasteiger charge is 2.36. The predicted molar refractivity (Wildman–Crippen MR) is 134 cm³/mol. The summed E-state index contributed by atoms with van der Waals surface area (Å²) in [6, 6.07) is 6.75. The molecule has 2 heterocycles. The third-order valence-corrected chi connectivity index (χ3v) is 7.00. The lowest BCUT2D eigenvalue weighted by Crippen LogP contribution is -2.41. The Morgan fingerprint density at radius 2 is 1.91 bits per heavy atom. The van der Waals surface area contributed by atoms with Crippen molar-refractivity contribution in [2.45, 2.75) is 18.4 Å². The molecule has 4 rings (SSSR count). The number of nitrogens with zero attached hydrogens (tertiary/aromatic N) is 1. The summed E-state index contributed by atoms with van der Waals surface area (Å²) in [6.07, 6.45) is -0.423. The van der Waals surface area contributed by atoms with Crippen molar-refractivity contribution in [2.75, 3.05) is 20.1 Å². The van der Waals surface area contributed by atoms with Gasteiger partial charge in [-0.05, 0) is 37.6 Å². The number of aromatic hydroxyl groups is 1. The zero-order valence-corrected chi connectivity index (χ0v) is 20.4. The van der Waals surface area contributed by atoms with Crippen molar-refractivity contribution in [3.8, 4) is 22.8 Å². The fourth-order valence-electron chi connectivity index (χ4n) is 4.53. The third kappa shape index (κ3) is 4.40. The molecule has 4 N–H and O–H groups in total. The summed E-state index contributed by atoms with van der Waals surface area (Å²) in [7, 11) is -0.327. The molecule has 1 aromatic heterocycles. The van der Waals surface area contributed by atoms with Crippen molar-refractivity contribution in [1.29, 1.82) is 0 Å². The number of phosphoric acid groups is 1. The van der Waals surface area contributed by atoms with E-state index in [1.165, 1.54) is 15.7 Å². The maximum atomic E-state index is 13.6. The van der Waals surface area contributed by atoms with E-state index >= 15 is 0 Å². The molecule has 9 nitrogen and oxygen atoms in total. The predicted octanol–water partition coefficient (Wildman–Crippen LogP) is -0.413. The van der Waals surface area contributed by atoms with Crippen LogP contribution in [0.2, 0.25) is 5.02 Å². The lowest BCUT2D eigenvalue weighted by atomic mass is 9.79. The average molecular weight is 505 g/mol. The van der Waals surface area contributed by atoms with Gasteiger partial charge in [0, 0.05) is 29.1 Å². The maximum Gasteiger partial charge on any atom is 0.524 e. The Balaban J connectivity index is 2.14. The van der Waals surface area contributed by atoms with E-state index in [2.05, 4.69) is 0 Å². The summed E-state index contributed by atoms with van der Waals surface area (Å²) in [5.41, 5.74) is 0.0481. The molecule has 0 bridgehead atoms. The van der Waals surface area contributed by atoms with Crippen molar-refractivity contribution in [3.05, 3.63) is 45.1 Å². The van der Waals surface area contributed by atoms with E-state index in [9.17, 15) is 29.4 Å². The number of phenols is 1. The molecule has 2 atom stereocenters. The minimum atomic E-state index is -5.09. The van der Waals surface area contributed by atoms with Crippen LogP contribution >= 0.6 is 19.4 Å². The fourth-order valence-corrected chi connectivity index (χ4v) is 5.22. The number of β-amino-alcohol motifs (C(OH)–C–C–N with tert-alkyl or cyclic N) is 1. The number of hydrogen-bond donors (Lipinski definition) is 4. The normalized spacial score (nSPS) is 19.4. The molecule has 0 aliphatic carbocycles. The van der Waals surface area contributed by atoms with Crippen LogP contribution in [0.15, 0.2) is 33.5 Å². The van der Waals surface area contributed by atoms with Crippen LogP contribution in [-0.4, -0.2) is 66.8 Å². The molecule has 0 amide bonds. The Kier molecular flexibility index (Phi) is 6.63. The summed E-state index contributed by atoms with van der Waals surface area (Å²) >= 11 is 6.35. The molecule has 0 unspecified atom stereocenters. The van der Waals surface area contributed by atoms with E-state index in [4.69, 9.17) is 20.5 Å². The Hall–Kier alpha value is -2.26. The smallest absolute Gasteiger partial charge is 0.508 e. The summed E-state index contributed by atoms with van der Waals surface area (Å²) in [5, 5.41) is 22.1. The fraction of sp³-hybridized carbons (Fsp3) is 0.286. The van der Waals surface area contributed by atoms with E-state index < -0.39 is 31.0 Å². The first kappa shape index (κ1) is 24.9. The Morgan fingerprint density at radius 3 is 2.53 bits per heavy atom. The molecule has 0 radical (unpaired) electrons. The van der Waals surface area contributed by atoms with Gasteiger partial charge in [0.05, 0.1) is 11.1 Å². The highest BCUT2D eigenvalue weighted by atomic mass is 35.5. The topological polar surface area (TPSA) is 141 Å². The molecule has 178 valence electrons. The lowest BCUT2D eigenvalue weighted by molar-refractivity contribution is 0.0631. The molecule has 1 aliphatic rings. The van der Waals surface area contributed by atoms with Crippen molar-refractivity contribution in [1.82, 2.24) is 4.90 Å². The first-order valence-corrected chi connectivity index (χ1v) is 12.5. The molecule has 1 fully saturated rings. The summed E-state index contributed by atoms with van der Waals surface area (Å²) < 4.78 is 22.8. The number of piperidine rings is 1. The second kappa shape index (κ2) is 9.07. The molecule has 13 heteroatoms. The minimum absolute atomic E-state index is 0.0332. The third-order valence-electron chi connectivity index (χ3n) is 6.25. The minimum Gasteiger partial charge on any atom is -0.508 e. The number of phenolic OH excluding ortho intramolecular Hbond substituents is 1. The van der Waals surface area contributed by atoms with Gasteiger partial charge in [-0.1, -0.05) is 23.7 Å². The van der Waals surface area contributed by atoms with Gasteiger partial charge >= 0.3 is 7.82 Å². The van der Waals surface area contributed by atoms with E-state index in [1.54, 1.807) is 24.3 Å². The molecular formula is C21H23B2ClNO8P. The van der Waals surface area contributed by atoms with Crippen LogP contribution in [0.3, 0.4) is 0 Å². The van der Waals surface area contributed by atoms with Crippen molar-refractivity contribution in [3.63, 3.8) is 0 Å². The molecule has 0 spiro atoms. The van der Waals surface area contributed by atoms with E-state index in [1.807, 2.05) is 11.9 Å². The molecule has 2 aromatic carbocycles. The molecule has 1 saturated heterocycles. The van der Waals surface area contributed by atoms with Crippen molar-refractivity contribution >= 4 is 57.0 Å². The highest BCUT2D eigenvalue weighted by Crippen LogP contribution is 2.45. The zero-order valence-electron chi connectivity index (χ0n) is 18.8. The monoisotopic (exact) mass is 505 g/mol. The van der Waals surface area contributed by atoms with Gasteiger partial charge < -0.3 is 24.1 Å². The van der Waals surface area contributed by atoms with Crippen molar-refractivity contribution < 1.29 is 33.5 Å². The quantitative estimate of drug-likeness (QED) is 0.275. The second-order valence-corrected chi connectivity index (χ2v) is 10.2. The number of aliphatic hydroxyl groups is 1. The van der Waals surface area contributed by atoms with Crippen LogP contribution in [0.25, 0.3) is 22.3 Å². The lowest BCUT2D eigenvalue weighted by Gasteiger charge is -2.34. The zero-order chi connectivity index (χ0) is 24.9. The van der Waals surface area contributed by atoms with Gasteiger partial charge in [-0.3, -0.25) is 14.6 Å². The first-order valence-electron chi connectivity index (χ1n) is 10.6. The standard InChI is InChI=1S/C21H23B2ClNO8P/c1-25-7-6-10(12(26)8-25)13-17(27)16(23)21(33-34(29,30)31)14-18(28)15(22)19(32-20(13)14)9-4-2-3-5-11(9)24/h2-5,10,12,26-27H,6-8,22-23H2,1H3,(H2,29,30,31)/t10-,12+/m0/s1. The Bertz CT molecular complexity index is 1390. The Labute approximate surface area is 202 Å².